The van der Waals surface area contributed by atoms with Gasteiger partial charge >= 0.3 is 5.97 Å². The first-order chi connectivity index (χ1) is 20.6. The first-order valence-corrected chi connectivity index (χ1v) is 19.5. The Labute approximate surface area is 265 Å². The molecular weight excluding hydrogens is 512 g/mol. The third kappa shape index (κ3) is 33.7. The van der Waals surface area contributed by atoms with Crippen LogP contribution in [0.4, 0.5) is 0 Å². The average Bonchev–Trinajstić information content (AvgIpc) is 2.97. The molecule has 2 nitrogen and oxygen atoms in total. The molecule has 0 fully saturated rings. The van der Waals surface area contributed by atoms with E-state index in [0.717, 1.165) is 31.6 Å². The molecule has 0 rings (SSSR count). The Balaban J connectivity index is 3.41. The maximum absolute atomic E-state index is 11.7. The molecule has 0 heterocycles. The summed E-state index contributed by atoms with van der Waals surface area (Å²) in [4.78, 5) is 11.7. The van der Waals surface area contributed by atoms with Gasteiger partial charge in [0.15, 0.2) is 0 Å². The second kappa shape index (κ2) is 34.7. The highest BCUT2D eigenvalue weighted by Crippen LogP contribution is 2.20. The van der Waals surface area contributed by atoms with Crippen LogP contribution in [-0.2, 0) is 4.79 Å². The summed E-state index contributed by atoms with van der Waals surface area (Å²) < 4.78 is 0. The Morgan fingerprint density at radius 1 is 0.452 bits per heavy atom. The van der Waals surface area contributed by atoms with Crippen molar-refractivity contribution >= 4 is 5.97 Å². The van der Waals surface area contributed by atoms with Crippen LogP contribution in [0.3, 0.4) is 0 Å². The Hall–Kier alpha value is -0.790. The Morgan fingerprint density at radius 2 is 0.738 bits per heavy atom. The summed E-state index contributed by atoms with van der Waals surface area (Å²) in [7, 11) is 0. The van der Waals surface area contributed by atoms with Crippen LogP contribution in [0.25, 0.3) is 0 Å². The molecule has 1 N–H and O–H groups in total. The zero-order chi connectivity index (χ0) is 30.8. The fourth-order valence-corrected chi connectivity index (χ4v) is 6.27. The van der Waals surface area contributed by atoms with Crippen LogP contribution >= 0.6 is 0 Å². The van der Waals surface area contributed by atoms with Crippen LogP contribution in [0.2, 0.25) is 0 Å². The molecular formula is C40H78O2. The van der Waals surface area contributed by atoms with Crippen molar-refractivity contribution in [3.8, 4) is 0 Å². The highest BCUT2D eigenvalue weighted by molar-refractivity contribution is 5.69. The number of allylic oxidation sites excluding steroid dienone is 2. The van der Waals surface area contributed by atoms with E-state index in [4.69, 9.17) is 0 Å². The van der Waals surface area contributed by atoms with Crippen LogP contribution in [0, 0.1) is 11.8 Å². The highest BCUT2D eigenvalue weighted by atomic mass is 16.4. The van der Waals surface area contributed by atoms with Gasteiger partial charge in [-0.1, -0.05) is 200 Å². The second-order valence-electron chi connectivity index (χ2n) is 14.0. The van der Waals surface area contributed by atoms with Crippen LogP contribution in [0.15, 0.2) is 12.2 Å². The molecule has 0 radical (unpaired) electrons. The molecule has 42 heavy (non-hydrogen) atoms. The lowest BCUT2D eigenvalue weighted by atomic mass is 9.94. The largest absolute Gasteiger partial charge is 0.481 e. The van der Waals surface area contributed by atoms with Gasteiger partial charge in [0.2, 0.25) is 0 Å². The topological polar surface area (TPSA) is 37.3 Å². The number of carboxylic acid groups (broad SMARTS) is 1. The lowest BCUT2D eigenvalue weighted by Gasteiger charge is -2.12. The number of hydrogen-bond donors (Lipinski definition) is 1. The fraction of sp³-hybridized carbons (Fsp3) is 0.925. The molecule has 0 saturated heterocycles. The second-order valence-corrected chi connectivity index (χ2v) is 14.0. The molecule has 2 heteroatoms. The molecule has 1 atom stereocenters. The third-order valence-corrected chi connectivity index (χ3v) is 9.25. The summed E-state index contributed by atoms with van der Waals surface area (Å²) in [5.41, 5.74) is 0. The molecule has 0 aliphatic carbocycles. The smallest absolute Gasteiger partial charge is 0.306 e. The van der Waals surface area contributed by atoms with E-state index in [1.807, 2.05) is 0 Å². The first kappa shape index (κ1) is 41.2. The lowest BCUT2D eigenvalue weighted by molar-refractivity contribution is -0.142. The minimum Gasteiger partial charge on any atom is -0.481 e. The van der Waals surface area contributed by atoms with Crippen molar-refractivity contribution in [3.63, 3.8) is 0 Å². The Morgan fingerprint density at radius 3 is 1.05 bits per heavy atom. The molecule has 0 aliphatic heterocycles. The van der Waals surface area contributed by atoms with Gasteiger partial charge in [-0.15, -0.1) is 0 Å². The predicted octanol–water partition coefficient (Wildman–Crippen LogP) is 14.4. The minimum atomic E-state index is -0.559. The van der Waals surface area contributed by atoms with Gasteiger partial charge in [-0.2, -0.15) is 0 Å². The average molecular weight is 591 g/mol. The first-order valence-electron chi connectivity index (χ1n) is 19.5. The standard InChI is InChI=1S/C40H78O2/c1-4-5-6-7-8-9-10-11-12-13-14-15-18-21-24-27-30-33-36-39(40(41)42)37-34-31-28-25-22-19-16-17-20-23-26-29-32-35-38(2)3/h11-12,38-39H,4-10,13-37H2,1-3H3,(H,41,42). The van der Waals surface area contributed by atoms with E-state index in [-0.39, 0.29) is 5.92 Å². The summed E-state index contributed by atoms with van der Waals surface area (Å²) in [5, 5.41) is 9.64. The molecule has 0 saturated carbocycles. The molecule has 0 aliphatic rings. The van der Waals surface area contributed by atoms with Crippen molar-refractivity contribution in [2.24, 2.45) is 11.8 Å². The SMILES string of the molecule is CCCCCCCCC=CCCCCCCCCCCC(CCCCCCCCCCCCCCCC(C)C)C(=O)O. The maximum atomic E-state index is 11.7. The van der Waals surface area contributed by atoms with Gasteiger partial charge in [0.05, 0.1) is 5.92 Å². The van der Waals surface area contributed by atoms with E-state index in [2.05, 4.69) is 32.9 Å². The normalized spacial score (nSPS) is 12.6. The lowest BCUT2D eigenvalue weighted by Crippen LogP contribution is -2.13. The molecule has 0 bridgehead atoms. The number of carbonyl (C=O) groups is 1. The van der Waals surface area contributed by atoms with Crippen molar-refractivity contribution in [2.75, 3.05) is 0 Å². The Kier molecular flexibility index (Phi) is 34.0. The molecule has 0 aromatic heterocycles. The van der Waals surface area contributed by atoms with Crippen LogP contribution in [-0.4, -0.2) is 11.1 Å². The highest BCUT2D eigenvalue weighted by Gasteiger charge is 2.16. The number of unbranched alkanes of at least 4 members (excludes halogenated alkanes) is 26. The van der Waals surface area contributed by atoms with Gasteiger partial charge in [0, 0.05) is 0 Å². The predicted molar refractivity (Wildman–Crippen MR) is 189 cm³/mol. The number of hydrogen-bond acceptors (Lipinski definition) is 1. The van der Waals surface area contributed by atoms with E-state index in [9.17, 15) is 9.90 Å². The van der Waals surface area contributed by atoms with Gasteiger partial charge in [0.1, 0.15) is 0 Å². The maximum Gasteiger partial charge on any atom is 0.306 e. The zero-order valence-corrected chi connectivity index (χ0v) is 29.3. The summed E-state index contributed by atoms with van der Waals surface area (Å²) in [6.07, 6.45) is 46.9. The Bertz CT molecular complexity index is 552. The van der Waals surface area contributed by atoms with Crippen molar-refractivity contribution in [1.29, 1.82) is 0 Å². The van der Waals surface area contributed by atoms with Crippen LogP contribution < -0.4 is 0 Å². The van der Waals surface area contributed by atoms with Gasteiger partial charge in [-0.3, -0.25) is 4.79 Å². The summed E-state index contributed by atoms with van der Waals surface area (Å²) in [6, 6.07) is 0. The minimum absolute atomic E-state index is 0.107. The van der Waals surface area contributed by atoms with Crippen molar-refractivity contribution in [1.82, 2.24) is 0 Å². The van der Waals surface area contributed by atoms with Gasteiger partial charge in [-0.05, 0) is 44.4 Å². The molecule has 1 unspecified atom stereocenters. The molecule has 250 valence electrons. The number of rotatable bonds is 35. The molecule has 0 aromatic carbocycles. The van der Waals surface area contributed by atoms with Gasteiger partial charge in [-0.25, -0.2) is 0 Å². The van der Waals surface area contributed by atoms with Crippen molar-refractivity contribution in [2.45, 2.75) is 226 Å². The van der Waals surface area contributed by atoms with Gasteiger partial charge in [0.25, 0.3) is 0 Å². The van der Waals surface area contributed by atoms with E-state index >= 15 is 0 Å². The summed E-state index contributed by atoms with van der Waals surface area (Å²) in [5.74, 6) is 0.200. The summed E-state index contributed by atoms with van der Waals surface area (Å²) in [6.45, 7) is 6.94. The van der Waals surface area contributed by atoms with Crippen LogP contribution in [0.5, 0.6) is 0 Å². The zero-order valence-electron chi connectivity index (χ0n) is 29.3. The van der Waals surface area contributed by atoms with Crippen LogP contribution in [0.1, 0.15) is 226 Å². The molecule has 0 amide bonds. The monoisotopic (exact) mass is 591 g/mol. The van der Waals surface area contributed by atoms with Crippen molar-refractivity contribution < 1.29 is 9.90 Å². The van der Waals surface area contributed by atoms with E-state index < -0.39 is 5.97 Å². The fourth-order valence-electron chi connectivity index (χ4n) is 6.27. The molecule has 0 spiro atoms. The number of carboxylic acids is 1. The van der Waals surface area contributed by atoms with Gasteiger partial charge < -0.3 is 5.11 Å². The van der Waals surface area contributed by atoms with E-state index in [0.29, 0.717) is 0 Å². The quantitative estimate of drug-likeness (QED) is 0.0588. The summed E-state index contributed by atoms with van der Waals surface area (Å²) >= 11 is 0. The van der Waals surface area contributed by atoms with E-state index in [1.54, 1.807) is 0 Å². The molecule has 0 aromatic rings. The number of aliphatic carboxylic acids is 1. The van der Waals surface area contributed by atoms with E-state index in [1.165, 1.54) is 180 Å². The third-order valence-electron chi connectivity index (χ3n) is 9.25. The van der Waals surface area contributed by atoms with Crippen molar-refractivity contribution in [3.05, 3.63) is 12.2 Å².